The number of amides is 1. The summed E-state index contributed by atoms with van der Waals surface area (Å²) >= 11 is 12.0. The van der Waals surface area contributed by atoms with E-state index in [0.29, 0.717) is 38.2 Å². The molecular formula is C18H14Cl2N4O. The van der Waals surface area contributed by atoms with Crippen LogP contribution >= 0.6 is 23.2 Å². The van der Waals surface area contributed by atoms with Gasteiger partial charge < -0.3 is 16.8 Å². The fourth-order valence-electron chi connectivity index (χ4n) is 2.31. The zero-order valence-corrected chi connectivity index (χ0v) is 14.5. The highest BCUT2D eigenvalue weighted by Gasteiger charge is 2.12. The summed E-state index contributed by atoms with van der Waals surface area (Å²) in [5.41, 5.74) is 14.2. The third-order valence-electron chi connectivity index (χ3n) is 3.55. The summed E-state index contributed by atoms with van der Waals surface area (Å²) in [6.45, 7) is 0. The molecule has 0 saturated heterocycles. The number of hydrogen-bond donors (Lipinski definition) is 3. The topological polar surface area (TPSA) is 94.0 Å². The van der Waals surface area contributed by atoms with Crippen molar-refractivity contribution in [2.75, 3.05) is 16.8 Å². The number of pyridine rings is 1. The van der Waals surface area contributed by atoms with Crippen molar-refractivity contribution in [2.45, 2.75) is 0 Å². The van der Waals surface area contributed by atoms with E-state index in [1.807, 2.05) is 0 Å². The molecule has 0 fully saturated rings. The SMILES string of the molecule is Nc1ccc(Cl)c(-c2ccc(NC(=O)c3ccc(Cl)cc3)nc2N)c1. The Morgan fingerprint density at radius 3 is 2.32 bits per heavy atom. The summed E-state index contributed by atoms with van der Waals surface area (Å²) in [6.07, 6.45) is 0. The summed E-state index contributed by atoms with van der Waals surface area (Å²) in [5.74, 6) is 0.265. The number of aromatic nitrogens is 1. The molecule has 1 heterocycles. The molecule has 1 amide bonds. The number of anilines is 3. The van der Waals surface area contributed by atoms with E-state index < -0.39 is 0 Å². The molecular weight excluding hydrogens is 359 g/mol. The molecule has 3 rings (SSSR count). The van der Waals surface area contributed by atoms with Gasteiger partial charge in [-0.25, -0.2) is 4.98 Å². The van der Waals surface area contributed by atoms with Crippen LogP contribution in [-0.2, 0) is 0 Å². The van der Waals surface area contributed by atoms with Crippen LogP contribution in [0.15, 0.2) is 54.6 Å². The van der Waals surface area contributed by atoms with Crippen LogP contribution in [0.5, 0.6) is 0 Å². The molecule has 0 aliphatic carbocycles. The second-order valence-electron chi connectivity index (χ2n) is 5.33. The number of nitrogens with one attached hydrogen (secondary N) is 1. The predicted octanol–water partition coefficient (Wildman–Crippen LogP) is 4.47. The van der Waals surface area contributed by atoms with E-state index >= 15 is 0 Å². The first-order valence-corrected chi connectivity index (χ1v) is 8.08. The molecule has 0 aliphatic rings. The van der Waals surface area contributed by atoms with Crippen molar-refractivity contribution < 1.29 is 4.79 Å². The van der Waals surface area contributed by atoms with Crippen molar-refractivity contribution in [2.24, 2.45) is 0 Å². The molecule has 2 aromatic carbocycles. The highest BCUT2D eigenvalue weighted by Crippen LogP contribution is 2.33. The summed E-state index contributed by atoms with van der Waals surface area (Å²) in [4.78, 5) is 16.4. The minimum atomic E-state index is -0.307. The Kier molecular flexibility index (Phi) is 4.79. The van der Waals surface area contributed by atoms with Gasteiger partial charge in [0.1, 0.15) is 11.6 Å². The Hall–Kier alpha value is -2.76. The van der Waals surface area contributed by atoms with Crippen LogP contribution in [0.4, 0.5) is 17.3 Å². The molecule has 0 saturated carbocycles. The smallest absolute Gasteiger partial charge is 0.256 e. The second kappa shape index (κ2) is 7.01. The maximum absolute atomic E-state index is 12.2. The number of carbonyl (C=O) groups is 1. The monoisotopic (exact) mass is 372 g/mol. The first kappa shape index (κ1) is 17.1. The van der Waals surface area contributed by atoms with Crippen LogP contribution in [-0.4, -0.2) is 10.9 Å². The van der Waals surface area contributed by atoms with Gasteiger partial charge in [-0.1, -0.05) is 23.2 Å². The number of benzene rings is 2. The Bertz CT molecular complexity index is 942. The van der Waals surface area contributed by atoms with Crippen molar-refractivity contribution >= 4 is 46.4 Å². The van der Waals surface area contributed by atoms with Crippen LogP contribution in [0.2, 0.25) is 10.0 Å². The van der Waals surface area contributed by atoms with Gasteiger partial charge in [0.25, 0.3) is 5.91 Å². The average Bonchev–Trinajstić information content (AvgIpc) is 2.58. The first-order valence-electron chi connectivity index (χ1n) is 7.33. The standard InChI is InChI=1S/C18H14Cl2N4O/c19-11-3-1-10(2-4-11)18(25)24-16-8-6-13(17(22)23-16)14-9-12(21)5-7-15(14)20/h1-9H,21H2,(H3,22,23,24,25). The lowest BCUT2D eigenvalue weighted by Crippen LogP contribution is -2.13. The molecule has 126 valence electrons. The molecule has 5 N–H and O–H groups in total. The van der Waals surface area contributed by atoms with Gasteiger partial charge in [0, 0.05) is 32.4 Å². The number of nitrogens with zero attached hydrogens (tertiary/aromatic N) is 1. The third-order valence-corrected chi connectivity index (χ3v) is 4.13. The van der Waals surface area contributed by atoms with Gasteiger partial charge in [-0.15, -0.1) is 0 Å². The zero-order chi connectivity index (χ0) is 18.0. The Balaban J connectivity index is 1.86. The molecule has 7 heteroatoms. The summed E-state index contributed by atoms with van der Waals surface area (Å²) < 4.78 is 0. The molecule has 5 nitrogen and oxygen atoms in total. The van der Waals surface area contributed by atoms with E-state index in [9.17, 15) is 4.79 Å². The minimum Gasteiger partial charge on any atom is -0.399 e. The maximum Gasteiger partial charge on any atom is 0.256 e. The van der Waals surface area contributed by atoms with Gasteiger partial charge in [0.2, 0.25) is 0 Å². The van der Waals surface area contributed by atoms with E-state index in [1.54, 1.807) is 54.6 Å². The maximum atomic E-state index is 12.2. The molecule has 0 unspecified atom stereocenters. The van der Waals surface area contributed by atoms with Gasteiger partial charge in [-0.2, -0.15) is 0 Å². The minimum absolute atomic E-state index is 0.237. The van der Waals surface area contributed by atoms with Crippen molar-refractivity contribution in [3.05, 3.63) is 70.2 Å². The lowest BCUT2D eigenvalue weighted by atomic mass is 10.1. The van der Waals surface area contributed by atoms with E-state index in [4.69, 9.17) is 34.7 Å². The number of hydrogen-bond acceptors (Lipinski definition) is 4. The van der Waals surface area contributed by atoms with Crippen molar-refractivity contribution in [1.29, 1.82) is 0 Å². The lowest BCUT2D eigenvalue weighted by Gasteiger charge is -2.11. The molecule has 0 atom stereocenters. The van der Waals surface area contributed by atoms with Crippen molar-refractivity contribution in [1.82, 2.24) is 4.98 Å². The quantitative estimate of drug-likeness (QED) is 0.591. The Morgan fingerprint density at radius 1 is 0.920 bits per heavy atom. The Labute approximate surface area is 154 Å². The normalized spacial score (nSPS) is 10.5. The average molecular weight is 373 g/mol. The first-order chi connectivity index (χ1) is 11.9. The van der Waals surface area contributed by atoms with E-state index in [1.165, 1.54) is 0 Å². The molecule has 0 spiro atoms. The molecule has 25 heavy (non-hydrogen) atoms. The van der Waals surface area contributed by atoms with Crippen LogP contribution in [0.1, 0.15) is 10.4 Å². The molecule has 0 radical (unpaired) electrons. The second-order valence-corrected chi connectivity index (χ2v) is 6.17. The molecule has 3 aromatic rings. The molecule has 1 aromatic heterocycles. The molecule has 0 bridgehead atoms. The largest absolute Gasteiger partial charge is 0.399 e. The number of halogens is 2. The van der Waals surface area contributed by atoms with Gasteiger partial charge in [0.15, 0.2) is 0 Å². The fraction of sp³-hybridized carbons (Fsp3) is 0. The summed E-state index contributed by atoms with van der Waals surface area (Å²) in [5, 5.41) is 3.76. The molecule has 0 aliphatic heterocycles. The van der Waals surface area contributed by atoms with E-state index in [-0.39, 0.29) is 11.7 Å². The predicted molar refractivity (Wildman–Crippen MR) is 103 cm³/mol. The van der Waals surface area contributed by atoms with Crippen LogP contribution in [0.25, 0.3) is 11.1 Å². The van der Waals surface area contributed by atoms with Crippen LogP contribution < -0.4 is 16.8 Å². The van der Waals surface area contributed by atoms with Gasteiger partial charge in [0.05, 0.1) is 0 Å². The van der Waals surface area contributed by atoms with Crippen LogP contribution in [0, 0.1) is 0 Å². The number of nitrogens with two attached hydrogens (primary N) is 2. The number of nitrogen functional groups attached to an aromatic ring is 2. The number of carbonyl (C=O) groups excluding carboxylic acids is 1. The fourth-order valence-corrected chi connectivity index (χ4v) is 2.66. The van der Waals surface area contributed by atoms with Gasteiger partial charge in [-0.05, 0) is 54.6 Å². The highest BCUT2D eigenvalue weighted by atomic mass is 35.5. The van der Waals surface area contributed by atoms with Gasteiger partial charge >= 0.3 is 0 Å². The number of rotatable bonds is 3. The van der Waals surface area contributed by atoms with Crippen molar-refractivity contribution in [3.63, 3.8) is 0 Å². The third kappa shape index (κ3) is 3.84. The summed E-state index contributed by atoms with van der Waals surface area (Å²) in [6, 6.07) is 15.1. The van der Waals surface area contributed by atoms with Crippen molar-refractivity contribution in [3.8, 4) is 11.1 Å². The lowest BCUT2D eigenvalue weighted by molar-refractivity contribution is 0.102. The zero-order valence-electron chi connectivity index (χ0n) is 13.0. The Morgan fingerprint density at radius 2 is 1.64 bits per heavy atom. The van der Waals surface area contributed by atoms with Gasteiger partial charge in [-0.3, -0.25) is 4.79 Å². The van der Waals surface area contributed by atoms with E-state index in [0.717, 1.165) is 0 Å². The van der Waals surface area contributed by atoms with E-state index in [2.05, 4.69) is 10.3 Å². The summed E-state index contributed by atoms with van der Waals surface area (Å²) in [7, 11) is 0. The highest BCUT2D eigenvalue weighted by molar-refractivity contribution is 6.33. The van der Waals surface area contributed by atoms with Crippen LogP contribution in [0.3, 0.4) is 0 Å².